The van der Waals surface area contributed by atoms with Crippen LogP contribution in [0.25, 0.3) is 0 Å². The number of aliphatic hydroxyl groups excluding tert-OH is 1. The first-order chi connectivity index (χ1) is 21.9. The number of hydrogen-bond donors (Lipinski definition) is 2. The lowest BCUT2D eigenvalue weighted by Crippen LogP contribution is -2.75. The van der Waals surface area contributed by atoms with Crippen molar-refractivity contribution in [3.05, 3.63) is 82.9 Å². The van der Waals surface area contributed by atoms with Gasteiger partial charge in [0.1, 0.15) is 11.2 Å². The van der Waals surface area contributed by atoms with Crippen molar-refractivity contribution in [2.24, 2.45) is 46.2 Å². The van der Waals surface area contributed by atoms with E-state index in [4.69, 9.17) is 15.2 Å². The highest BCUT2D eigenvalue weighted by Gasteiger charge is 2.91. The number of hydrogen-bond acceptors (Lipinski definition) is 6. The first-order valence-electron chi connectivity index (χ1n) is 17.6. The van der Waals surface area contributed by atoms with Crippen molar-refractivity contribution in [2.75, 3.05) is 6.54 Å². The molecule has 4 aliphatic carbocycles. The Bertz CT molecular complexity index is 1490. The third-order valence-corrected chi connectivity index (χ3v) is 12.6. The van der Waals surface area contributed by atoms with Crippen LogP contribution in [0.3, 0.4) is 0 Å². The molecule has 6 aliphatic rings. The van der Waals surface area contributed by atoms with Crippen molar-refractivity contribution in [1.82, 2.24) is 0 Å². The van der Waals surface area contributed by atoms with Crippen molar-refractivity contribution in [2.45, 2.75) is 96.5 Å². The zero-order valence-corrected chi connectivity index (χ0v) is 26.9. The summed E-state index contributed by atoms with van der Waals surface area (Å²) in [6.07, 6.45) is 23.7. The minimum Gasteiger partial charge on any atom is -0.509 e. The molecule has 6 nitrogen and oxygen atoms in total. The molecule has 0 bridgehead atoms. The van der Waals surface area contributed by atoms with Crippen LogP contribution >= 0.6 is 0 Å². The molecular weight excluding hydrogens is 562 g/mol. The van der Waals surface area contributed by atoms with Crippen LogP contribution in [-0.2, 0) is 26.3 Å². The van der Waals surface area contributed by atoms with Gasteiger partial charge in [0.25, 0.3) is 0 Å². The van der Waals surface area contributed by atoms with Crippen molar-refractivity contribution in [3.63, 3.8) is 0 Å². The van der Waals surface area contributed by atoms with Gasteiger partial charge in [-0.05, 0) is 93.6 Å². The van der Waals surface area contributed by atoms with Gasteiger partial charge >= 0.3 is 11.9 Å². The minimum atomic E-state index is -1.07. The summed E-state index contributed by atoms with van der Waals surface area (Å²) in [4.78, 5) is 28.2. The Balaban J connectivity index is 1.29. The number of esters is 2. The molecule has 45 heavy (non-hydrogen) atoms. The third kappa shape index (κ3) is 4.16. The highest BCUT2D eigenvalue weighted by atomic mass is 16.6. The smallest absolute Gasteiger partial charge is 0.339 e. The molecule has 1 saturated heterocycles. The molecule has 2 heterocycles. The Labute approximate surface area is 267 Å². The van der Waals surface area contributed by atoms with Crippen LogP contribution in [0.5, 0.6) is 0 Å². The van der Waals surface area contributed by atoms with Crippen LogP contribution in [0, 0.1) is 40.4 Å². The monoisotopic (exact) mass is 611 g/mol. The highest BCUT2D eigenvalue weighted by Crippen LogP contribution is 2.84. The van der Waals surface area contributed by atoms with Crippen LogP contribution in [0.2, 0.25) is 0 Å². The average molecular weight is 612 g/mol. The summed E-state index contributed by atoms with van der Waals surface area (Å²) < 4.78 is 13.0. The first-order valence-corrected chi connectivity index (χ1v) is 17.6. The number of aryl methyl sites for hydroxylation is 1. The number of ether oxygens (including phenoxy) is 2. The largest absolute Gasteiger partial charge is 0.509 e. The number of carbonyl (C=O) groups is 2. The number of carbonyl (C=O) groups excluding carboxylic acids is 2. The molecular formula is C39H49NO5. The van der Waals surface area contributed by atoms with Gasteiger partial charge in [-0.1, -0.05) is 81.3 Å². The number of aliphatic hydroxyl groups is 1. The van der Waals surface area contributed by atoms with E-state index in [0.717, 1.165) is 49.7 Å². The summed E-state index contributed by atoms with van der Waals surface area (Å²) in [5.41, 5.74) is 5.28. The van der Waals surface area contributed by atoms with E-state index < -0.39 is 16.4 Å². The van der Waals surface area contributed by atoms with Gasteiger partial charge in [0, 0.05) is 17.9 Å². The van der Waals surface area contributed by atoms with E-state index >= 15 is 0 Å². The number of rotatable bonds is 10. The van der Waals surface area contributed by atoms with Gasteiger partial charge in [-0.2, -0.15) is 0 Å². The topological polar surface area (TPSA) is 98.9 Å². The van der Waals surface area contributed by atoms with Gasteiger partial charge in [-0.15, -0.1) is 0 Å². The normalized spacial score (nSPS) is 37.3. The molecule has 2 saturated carbocycles. The number of nitrogens with two attached hydrogens (primary N) is 1. The SMILES string of the molecule is CC[C@H](C)C[C@@H]1[C@@]2(OC(=O)c3c(CCCN)cccc32)[C@@]23CCC=C[C@@]12C(=O)O/C3=C(/O)CCC[C@@H]1CCC[C@@H]2C=CC=C[C@@H]12. The van der Waals surface area contributed by atoms with E-state index in [1.807, 2.05) is 24.3 Å². The summed E-state index contributed by atoms with van der Waals surface area (Å²) in [5, 5.41) is 11.9. The van der Waals surface area contributed by atoms with Crippen molar-refractivity contribution in [1.29, 1.82) is 0 Å². The summed E-state index contributed by atoms with van der Waals surface area (Å²) in [7, 11) is 0. The highest BCUT2D eigenvalue weighted by molar-refractivity contribution is 5.99. The molecule has 8 atom stereocenters. The molecule has 0 aromatic heterocycles. The van der Waals surface area contributed by atoms with Crippen LogP contribution in [0.1, 0.15) is 106 Å². The maximum atomic E-state index is 14.2. The van der Waals surface area contributed by atoms with Gasteiger partial charge in [-0.25, -0.2) is 4.79 Å². The van der Waals surface area contributed by atoms with Crippen LogP contribution < -0.4 is 5.73 Å². The summed E-state index contributed by atoms with van der Waals surface area (Å²) in [6.45, 7) is 4.90. The van der Waals surface area contributed by atoms with E-state index in [-0.39, 0.29) is 23.6 Å². The summed E-state index contributed by atoms with van der Waals surface area (Å²) in [6, 6.07) is 6.04. The number of fused-ring (bicyclic) bond motifs is 3. The molecule has 1 aromatic carbocycles. The Morgan fingerprint density at radius 3 is 2.82 bits per heavy atom. The fraction of sp³-hybridized carbons (Fsp3) is 0.590. The predicted molar refractivity (Wildman–Crippen MR) is 174 cm³/mol. The third-order valence-electron chi connectivity index (χ3n) is 12.6. The second-order valence-electron chi connectivity index (χ2n) is 14.6. The molecule has 0 amide bonds. The van der Waals surface area contributed by atoms with Crippen molar-refractivity contribution in [3.8, 4) is 0 Å². The number of benzene rings is 1. The molecule has 0 unspecified atom stereocenters. The molecule has 3 fully saturated rings. The zero-order chi connectivity index (χ0) is 31.4. The molecule has 6 heteroatoms. The van der Waals surface area contributed by atoms with Crippen molar-refractivity contribution < 1.29 is 24.2 Å². The van der Waals surface area contributed by atoms with E-state index in [1.165, 1.54) is 19.3 Å². The fourth-order valence-electron chi connectivity index (χ4n) is 10.4. The van der Waals surface area contributed by atoms with Crippen LogP contribution in [0.4, 0.5) is 0 Å². The Morgan fingerprint density at radius 2 is 2.00 bits per heavy atom. The quantitative estimate of drug-likeness (QED) is 0.158. The van der Waals surface area contributed by atoms with Gasteiger partial charge in [0.2, 0.25) is 0 Å². The molecule has 240 valence electrons. The lowest BCUT2D eigenvalue weighted by Gasteiger charge is -2.68. The van der Waals surface area contributed by atoms with Gasteiger partial charge < -0.3 is 20.3 Å². The molecule has 0 radical (unpaired) electrons. The summed E-state index contributed by atoms with van der Waals surface area (Å²) >= 11 is 0. The fourth-order valence-corrected chi connectivity index (χ4v) is 10.4. The van der Waals surface area contributed by atoms with E-state index in [9.17, 15) is 14.7 Å². The van der Waals surface area contributed by atoms with E-state index in [0.29, 0.717) is 60.8 Å². The maximum absolute atomic E-state index is 14.2. The van der Waals surface area contributed by atoms with Gasteiger partial charge in [0.05, 0.1) is 11.0 Å². The summed E-state index contributed by atoms with van der Waals surface area (Å²) in [5.74, 6) is 1.68. The number of cyclic esters (lactones) is 1. The Hall–Kier alpha value is -3.12. The molecule has 7 rings (SSSR count). The predicted octanol–water partition coefficient (Wildman–Crippen LogP) is 7.99. The molecule has 1 spiro atoms. The van der Waals surface area contributed by atoms with Crippen LogP contribution in [0.15, 0.2) is 66.2 Å². The lowest BCUT2D eigenvalue weighted by molar-refractivity contribution is -0.273. The Kier molecular flexibility index (Phi) is 7.87. The first kappa shape index (κ1) is 30.5. The zero-order valence-electron chi connectivity index (χ0n) is 26.9. The van der Waals surface area contributed by atoms with Gasteiger partial charge in [0.15, 0.2) is 11.4 Å². The molecule has 1 aromatic rings. The number of allylic oxidation sites excluding steroid dienone is 6. The standard InChI is InChI=1S/C39H49NO5/c1-3-25(2)24-32-37-21-6-7-22-38(37,39(32)30-19-9-16-28(17-11-23-40)33(30)35(42)45-39)34(44-36(37)43)31(41)20-10-15-27-14-8-13-26-12-4-5-18-29(26)27/h4-6,9,12,16,18-19,21,25-27,29,32,41H,3,7-8,10-11,13-15,17,20,22-24,40H2,1-2H3/b34-31+/t25-,26-,27-,29+,32-,37-,38+,39+/m0/s1. The van der Waals surface area contributed by atoms with E-state index in [2.05, 4.69) is 44.2 Å². The average Bonchev–Trinajstić information content (AvgIpc) is 3.52. The minimum absolute atomic E-state index is 0.150. The van der Waals surface area contributed by atoms with Crippen LogP contribution in [-0.4, -0.2) is 23.6 Å². The molecule has 3 N–H and O–H groups in total. The lowest BCUT2D eigenvalue weighted by atomic mass is 9.31. The second kappa shape index (κ2) is 11.6. The Morgan fingerprint density at radius 1 is 1.16 bits per heavy atom. The van der Waals surface area contributed by atoms with Crippen molar-refractivity contribution >= 4 is 11.9 Å². The second-order valence-corrected chi connectivity index (χ2v) is 14.6. The molecule has 2 aliphatic heterocycles. The maximum Gasteiger partial charge on any atom is 0.339 e. The van der Waals surface area contributed by atoms with E-state index in [1.54, 1.807) is 0 Å². The van der Waals surface area contributed by atoms with Gasteiger partial charge in [-0.3, -0.25) is 4.79 Å².